The van der Waals surface area contributed by atoms with E-state index < -0.39 is 0 Å². The van der Waals surface area contributed by atoms with Crippen molar-refractivity contribution in [3.05, 3.63) is 24.8 Å². The SMILES string of the molecule is CN(C)c1ncc(SSc2cnc(N(C)C)nc2)cn1. The lowest BCUT2D eigenvalue weighted by molar-refractivity contribution is 0.976. The molecule has 20 heavy (non-hydrogen) atoms. The van der Waals surface area contributed by atoms with Crippen LogP contribution in [0, 0.1) is 0 Å². The minimum absolute atomic E-state index is 0.706. The van der Waals surface area contributed by atoms with Gasteiger partial charge in [-0.3, -0.25) is 0 Å². The Morgan fingerprint density at radius 2 is 0.950 bits per heavy atom. The van der Waals surface area contributed by atoms with Gasteiger partial charge < -0.3 is 9.80 Å². The highest BCUT2D eigenvalue weighted by molar-refractivity contribution is 8.76. The van der Waals surface area contributed by atoms with Crippen LogP contribution < -0.4 is 9.80 Å². The fraction of sp³-hybridized carbons (Fsp3) is 0.333. The summed E-state index contributed by atoms with van der Waals surface area (Å²) in [5, 5.41) is 0. The first-order valence-corrected chi connectivity index (χ1v) is 8.04. The smallest absolute Gasteiger partial charge is 0.224 e. The third-order valence-corrected chi connectivity index (χ3v) is 4.56. The zero-order chi connectivity index (χ0) is 14.5. The van der Waals surface area contributed by atoms with Crippen molar-refractivity contribution >= 4 is 33.5 Å². The summed E-state index contributed by atoms with van der Waals surface area (Å²) < 4.78 is 0. The van der Waals surface area contributed by atoms with Crippen molar-refractivity contribution in [3.8, 4) is 0 Å². The zero-order valence-corrected chi connectivity index (χ0v) is 13.4. The molecule has 0 saturated heterocycles. The largest absolute Gasteiger partial charge is 0.347 e. The van der Waals surface area contributed by atoms with Crippen molar-refractivity contribution < 1.29 is 0 Å². The van der Waals surface area contributed by atoms with Crippen LogP contribution in [0.4, 0.5) is 11.9 Å². The van der Waals surface area contributed by atoms with Crippen LogP contribution in [-0.4, -0.2) is 48.1 Å². The van der Waals surface area contributed by atoms with Gasteiger partial charge in [0.25, 0.3) is 0 Å². The van der Waals surface area contributed by atoms with Crippen molar-refractivity contribution in [2.75, 3.05) is 38.0 Å². The molecule has 0 spiro atoms. The van der Waals surface area contributed by atoms with Crippen LogP contribution in [0.2, 0.25) is 0 Å². The predicted molar refractivity (Wildman–Crippen MR) is 84.4 cm³/mol. The molecule has 0 unspecified atom stereocenters. The third kappa shape index (κ3) is 3.97. The molecule has 0 aliphatic rings. The number of aromatic nitrogens is 4. The number of hydrogen-bond donors (Lipinski definition) is 0. The number of hydrogen-bond acceptors (Lipinski definition) is 8. The topological polar surface area (TPSA) is 58.0 Å². The van der Waals surface area contributed by atoms with E-state index in [1.54, 1.807) is 21.6 Å². The van der Waals surface area contributed by atoms with Crippen LogP contribution in [-0.2, 0) is 0 Å². The van der Waals surface area contributed by atoms with E-state index in [-0.39, 0.29) is 0 Å². The molecule has 0 fully saturated rings. The second-order valence-electron chi connectivity index (χ2n) is 4.39. The lowest BCUT2D eigenvalue weighted by Gasteiger charge is -2.10. The maximum absolute atomic E-state index is 4.27. The number of anilines is 2. The minimum atomic E-state index is 0.706. The monoisotopic (exact) mass is 308 g/mol. The molecule has 2 rings (SSSR count). The Hall–Kier alpha value is -1.54. The number of rotatable bonds is 5. The summed E-state index contributed by atoms with van der Waals surface area (Å²) >= 11 is 0. The molecule has 0 aliphatic heterocycles. The van der Waals surface area contributed by atoms with Gasteiger partial charge in [0.05, 0.1) is 9.79 Å². The molecule has 0 amide bonds. The predicted octanol–water partition coefficient (Wildman–Crippen LogP) is 2.20. The van der Waals surface area contributed by atoms with Gasteiger partial charge in [0, 0.05) is 53.0 Å². The van der Waals surface area contributed by atoms with Crippen molar-refractivity contribution in [2.24, 2.45) is 0 Å². The Morgan fingerprint density at radius 1 is 0.650 bits per heavy atom. The van der Waals surface area contributed by atoms with Gasteiger partial charge in [-0.1, -0.05) is 0 Å². The Bertz CT molecular complexity index is 489. The first-order valence-electron chi connectivity index (χ1n) is 5.89. The van der Waals surface area contributed by atoms with Crippen molar-refractivity contribution in [3.63, 3.8) is 0 Å². The van der Waals surface area contributed by atoms with Gasteiger partial charge in [-0.25, -0.2) is 19.9 Å². The van der Waals surface area contributed by atoms with Gasteiger partial charge in [-0.2, -0.15) is 0 Å². The summed E-state index contributed by atoms with van der Waals surface area (Å²) in [6, 6.07) is 0. The third-order valence-electron chi connectivity index (χ3n) is 2.26. The maximum atomic E-state index is 4.27. The molecule has 2 heterocycles. The molecule has 6 nitrogen and oxygen atoms in total. The second-order valence-corrected chi connectivity index (χ2v) is 6.67. The van der Waals surface area contributed by atoms with Crippen molar-refractivity contribution in [1.82, 2.24) is 19.9 Å². The van der Waals surface area contributed by atoms with Gasteiger partial charge in [-0.15, -0.1) is 0 Å². The van der Waals surface area contributed by atoms with E-state index in [0.717, 1.165) is 9.79 Å². The molecule has 0 aromatic carbocycles. The zero-order valence-electron chi connectivity index (χ0n) is 11.8. The standard InChI is InChI=1S/C12H16N6S2/c1-17(2)11-13-5-9(6-14-11)19-20-10-7-15-12(16-8-10)18(3)4/h5-8H,1-4H3. The van der Waals surface area contributed by atoms with E-state index >= 15 is 0 Å². The Labute approximate surface area is 126 Å². The molecule has 2 aromatic heterocycles. The number of nitrogens with zero attached hydrogens (tertiary/aromatic N) is 6. The summed E-state index contributed by atoms with van der Waals surface area (Å²) in [5.41, 5.74) is 0. The van der Waals surface area contributed by atoms with Gasteiger partial charge in [0.1, 0.15) is 0 Å². The fourth-order valence-electron chi connectivity index (χ4n) is 1.26. The van der Waals surface area contributed by atoms with E-state index in [2.05, 4.69) is 19.9 Å². The van der Waals surface area contributed by atoms with Gasteiger partial charge in [-0.05, 0) is 21.6 Å². The average molecular weight is 308 g/mol. The van der Waals surface area contributed by atoms with Gasteiger partial charge in [0.15, 0.2) is 0 Å². The summed E-state index contributed by atoms with van der Waals surface area (Å²) in [6.07, 6.45) is 7.26. The molecule has 0 saturated carbocycles. The fourth-order valence-corrected chi connectivity index (χ4v) is 2.93. The minimum Gasteiger partial charge on any atom is -0.347 e. The van der Waals surface area contributed by atoms with Crippen molar-refractivity contribution in [1.29, 1.82) is 0 Å². The summed E-state index contributed by atoms with van der Waals surface area (Å²) in [6.45, 7) is 0. The van der Waals surface area contributed by atoms with Gasteiger partial charge in [0.2, 0.25) is 11.9 Å². The first kappa shape index (κ1) is 14.9. The molecule has 8 heteroatoms. The highest BCUT2D eigenvalue weighted by Gasteiger charge is 2.03. The molecular weight excluding hydrogens is 292 g/mol. The Morgan fingerprint density at radius 3 is 1.20 bits per heavy atom. The highest BCUT2D eigenvalue weighted by Crippen LogP contribution is 2.36. The molecular formula is C12H16N6S2. The van der Waals surface area contributed by atoms with E-state index in [1.165, 1.54) is 0 Å². The van der Waals surface area contributed by atoms with Crippen LogP contribution in [0.1, 0.15) is 0 Å². The van der Waals surface area contributed by atoms with Crippen LogP contribution in [0.25, 0.3) is 0 Å². The average Bonchev–Trinajstić information content (AvgIpc) is 2.46. The second kappa shape index (κ2) is 6.76. The lowest BCUT2D eigenvalue weighted by atomic mass is 10.6. The highest BCUT2D eigenvalue weighted by atomic mass is 33.1. The van der Waals surface area contributed by atoms with Crippen LogP contribution in [0.15, 0.2) is 34.6 Å². The summed E-state index contributed by atoms with van der Waals surface area (Å²) in [7, 11) is 10.8. The van der Waals surface area contributed by atoms with Gasteiger partial charge >= 0.3 is 0 Å². The normalized spacial score (nSPS) is 10.4. The molecule has 106 valence electrons. The Balaban J connectivity index is 1.94. The molecule has 0 bridgehead atoms. The molecule has 0 N–H and O–H groups in total. The van der Waals surface area contributed by atoms with Crippen molar-refractivity contribution in [2.45, 2.75) is 9.79 Å². The Kier molecular flexibility index (Phi) is 5.02. The van der Waals surface area contributed by atoms with E-state index in [4.69, 9.17) is 0 Å². The maximum Gasteiger partial charge on any atom is 0.224 e. The van der Waals surface area contributed by atoms with E-state index in [9.17, 15) is 0 Å². The molecule has 0 radical (unpaired) electrons. The van der Waals surface area contributed by atoms with Crippen LogP contribution in [0.5, 0.6) is 0 Å². The summed E-state index contributed by atoms with van der Waals surface area (Å²) in [5.74, 6) is 1.41. The molecule has 0 atom stereocenters. The van der Waals surface area contributed by atoms with Crippen LogP contribution in [0.3, 0.4) is 0 Å². The van der Waals surface area contributed by atoms with E-state index in [1.807, 2.05) is 62.8 Å². The molecule has 2 aromatic rings. The van der Waals surface area contributed by atoms with Crippen LogP contribution >= 0.6 is 21.6 Å². The summed E-state index contributed by atoms with van der Waals surface area (Å²) in [4.78, 5) is 22.8. The van der Waals surface area contributed by atoms with E-state index in [0.29, 0.717) is 11.9 Å². The quantitative estimate of drug-likeness (QED) is 0.779. The lowest BCUT2D eigenvalue weighted by Crippen LogP contribution is -2.12. The molecule has 0 aliphatic carbocycles. The first-order chi connectivity index (χ1) is 9.56.